The summed E-state index contributed by atoms with van der Waals surface area (Å²) in [5.41, 5.74) is 2.95. The third-order valence-corrected chi connectivity index (χ3v) is 5.96. The summed E-state index contributed by atoms with van der Waals surface area (Å²) in [5, 5.41) is 0. The lowest BCUT2D eigenvalue weighted by Gasteiger charge is -2.30. The second-order valence-corrected chi connectivity index (χ2v) is 8.12. The molecule has 1 amide bonds. The summed E-state index contributed by atoms with van der Waals surface area (Å²) in [6, 6.07) is 15.4. The molecular weight excluding hydrogens is 425 g/mol. The first-order valence-electron chi connectivity index (χ1n) is 9.71. The zero-order valence-corrected chi connectivity index (χ0v) is 17.2. The molecule has 3 aromatic rings. The molecule has 2 heterocycles. The molecule has 0 spiro atoms. The van der Waals surface area contributed by atoms with Crippen molar-refractivity contribution in [2.75, 3.05) is 11.4 Å². The predicted octanol–water partition coefficient (Wildman–Crippen LogP) is 5.87. The van der Waals surface area contributed by atoms with Crippen LogP contribution in [0.1, 0.15) is 27.9 Å². The number of aromatic nitrogens is 1. The van der Waals surface area contributed by atoms with Gasteiger partial charge < -0.3 is 9.64 Å². The van der Waals surface area contributed by atoms with E-state index >= 15 is 0 Å². The minimum absolute atomic E-state index is 0.172. The number of hydrogen-bond donors (Lipinski definition) is 0. The summed E-state index contributed by atoms with van der Waals surface area (Å²) >= 11 is 1.65. The molecule has 31 heavy (non-hydrogen) atoms. The lowest BCUT2D eigenvalue weighted by Crippen LogP contribution is -2.35. The molecule has 0 aliphatic carbocycles. The first-order chi connectivity index (χ1) is 14.9. The van der Waals surface area contributed by atoms with Gasteiger partial charge in [-0.25, -0.2) is 0 Å². The number of anilines is 1. The normalized spacial score (nSPS) is 13.6. The van der Waals surface area contributed by atoms with Crippen LogP contribution in [0.5, 0.6) is 5.75 Å². The number of carbonyl (C=O) groups is 1. The molecule has 2 aromatic carbocycles. The number of pyridine rings is 1. The summed E-state index contributed by atoms with van der Waals surface area (Å²) in [7, 11) is 0. The maximum absolute atomic E-state index is 13.1. The minimum atomic E-state index is -4.74. The summed E-state index contributed by atoms with van der Waals surface area (Å²) < 4.78 is 41.5. The van der Waals surface area contributed by atoms with Crippen LogP contribution in [0.4, 0.5) is 18.9 Å². The van der Waals surface area contributed by atoms with Crippen LogP contribution < -0.4 is 9.64 Å². The number of carbonyl (C=O) groups excluding carboxylic acids is 1. The number of benzene rings is 2. The predicted molar refractivity (Wildman–Crippen MR) is 113 cm³/mol. The van der Waals surface area contributed by atoms with Crippen LogP contribution >= 0.6 is 11.8 Å². The van der Waals surface area contributed by atoms with E-state index < -0.39 is 6.36 Å². The Bertz CT molecular complexity index is 1060. The van der Waals surface area contributed by atoms with Crippen molar-refractivity contribution in [1.82, 2.24) is 4.98 Å². The molecule has 0 atom stereocenters. The number of nitrogens with zero attached hydrogens (tertiary/aromatic N) is 2. The van der Waals surface area contributed by atoms with Crippen LogP contribution in [0.3, 0.4) is 0 Å². The average molecular weight is 444 g/mol. The molecule has 4 rings (SSSR count). The number of aryl methyl sites for hydroxylation is 1. The monoisotopic (exact) mass is 444 g/mol. The maximum atomic E-state index is 13.1. The summed E-state index contributed by atoms with van der Waals surface area (Å²) in [6.07, 6.45) is 0.0852. The molecule has 0 radical (unpaired) electrons. The van der Waals surface area contributed by atoms with Crippen molar-refractivity contribution >= 4 is 23.4 Å². The highest BCUT2D eigenvalue weighted by Gasteiger charge is 2.32. The first-order valence-corrected chi connectivity index (χ1v) is 10.7. The third-order valence-electron chi connectivity index (χ3n) is 4.88. The summed E-state index contributed by atoms with van der Waals surface area (Å²) in [4.78, 5) is 19.8. The van der Waals surface area contributed by atoms with Crippen molar-refractivity contribution < 1.29 is 22.7 Å². The highest BCUT2D eigenvalue weighted by molar-refractivity contribution is 7.98. The van der Waals surface area contributed by atoms with Gasteiger partial charge in [0.2, 0.25) is 0 Å². The van der Waals surface area contributed by atoms with Gasteiger partial charge in [-0.15, -0.1) is 24.9 Å². The molecular formula is C23H19F3N2O2S. The average Bonchev–Trinajstić information content (AvgIpc) is 2.76. The van der Waals surface area contributed by atoms with Gasteiger partial charge in [-0.2, -0.15) is 0 Å². The Kier molecular flexibility index (Phi) is 6.18. The van der Waals surface area contributed by atoms with Gasteiger partial charge in [0.05, 0.1) is 0 Å². The molecule has 8 heteroatoms. The van der Waals surface area contributed by atoms with Crippen molar-refractivity contribution in [3.8, 4) is 5.75 Å². The minimum Gasteiger partial charge on any atom is -0.406 e. The van der Waals surface area contributed by atoms with Crippen LogP contribution in [0.2, 0.25) is 0 Å². The van der Waals surface area contributed by atoms with Crippen molar-refractivity contribution in [2.45, 2.75) is 29.9 Å². The number of halogens is 3. The quantitative estimate of drug-likeness (QED) is 0.462. The second-order valence-electron chi connectivity index (χ2n) is 7.07. The fourth-order valence-corrected chi connectivity index (χ4v) is 4.31. The van der Waals surface area contributed by atoms with Crippen molar-refractivity contribution in [3.63, 3.8) is 0 Å². The molecule has 0 fully saturated rings. The molecule has 0 unspecified atom stereocenters. The molecule has 0 saturated heterocycles. The fraction of sp³-hybridized carbons (Fsp3) is 0.217. The molecule has 0 N–H and O–H groups in total. The Morgan fingerprint density at radius 3 is 2.65 bits per heavy atom. The van der Waals surface area contributed by atoms with Crippen LogP contribution in [0.15, 0.2) is 71.9 Å². The van der Waals surface area contributed by atoms with E-state index in [-0.39, 0.29) is 11.7 Å². The van der Waals surface area contributed by atoms with Crippen LogP contribution in [-0.4, -0.2) is 23.8 Å². The van der Waals surface area contributed by atoms with Crippen LogP contribution in [0, 0.1) is 0 Å². The van der Waals surface area contributed by atoms with Gasteiger partial charge in [0, 0.05) is 40.8 Å². The molecule has 1 aliphatic heterocycles. The van der Waals surface area contributed by atoms with Gasteiger partial charge in [-0.05, 0) is 72.5 Å². The van der Waals surface area contributed by atoms with Gasteiger partial charge in [-0.3, -0.25) is 9.78 Å². The number of ether oxygens (including phenoxy) is 1. The SMILES string of the molecule is O=C(c1ccc(SCc2cccnc2)cc1)N1CCCc2cc(OC(F)(F)F)ccc21. The third kappa shape index (κ3) is 5.38. The van der Waals surface area contributed by atoms with Gasteiger partial charge in [0.25, 0.3) is 5.91 Å². The highest BCUT2D eigenvalue weighted by atomic mass is 32.2. The fourth-order valence-electron chi connectivity index (χ4n) is 3.48. The van der Waals surface area contributed by atoms with Crippen molar-refractivity contribution in [1.29, 1.82) is 0 Å². The van der Waals surface area contributed by atoms with E-state index in [0.29, 0.717) is 36.2 Å². The number of hydrogen-bond acceptors (Lipinski definition) is 4. The number of rotatable bonds is 5. The smallest absolute Gasteiger partial charge is 0.406 e. The topological polar surface area (TPSA) is 42.4 Å². The molecule has 160 valence electrons. The van der Waals surface area contributed by atoms with E-state index in [1.54, 1.807) is 35.0 Å². The zero-order chi connectivity index (χ0) is 21.8. The second kappa shape index (κ2) is 9.01. The van der Waals surface area contributed by atoms with E-state index in [9.17, 15) is 18.0 Å². The number of fused-ring (bicyclic) bond motifs is 1. The molecule has 0 saturated carbocycles. The largest absolute Gasteiger partial charge is 0.573 e. The number of thioether (sulfide) groups is 1. The Hall–Kier alpha value is -3.00. The Morgan fingerprint density at radius 2 is 1.94 bits per heavy atom. The van der Waals surface area contributed by atoms with Gasteiger partial charge in [0.1, 0.15) is 5.75 Å². The zero-order valence-electron chi connectivity index (χ0n) is 16.4. The lowest BCUT2D eigenvalue weighted by molar-refractivity contribution is -0.274. The Balaban J connectivity index is 1.46. The molecule has 0 bridgehead atoms. The Morgan fingerprint density at radius 1 is 1.13 bits per heavy atom. The summed E-state index contributed by atoms with van der Waals surface area (Å²) in [6.45, 7) is 0.517. The highest BCUT2D eigenvalue weighted by Crippen LogP contribution is 2.33. The van der Waals surface area contributed by atoms with Gasteiger partial charge in [0.15, 0.2) is 0 Å². The van der Waals surface area contributed by atoms with Crippen LogP contribution in [-0.2, 0) is 12.2 Å². The molecule has 1 aromatic heterocycles. The van der Waals surface area contributed by atoms with Crippen molar-refractivity contribution in [2.24, 2.45) is 0 Å². The number of amides is 1. The number of alkyl halides is 3. The van der Waals surface area contributed by atoms with Gasteiger partial charge >= 0.3 is 6.36 Å². The Labute approximate surface area is 182 Å². The van der Waals surface area contributed by atoms with E-state index in [2.05, 4.69) is 9.72 Å². The van der Waals surface area contributed by atoms with E-state index in [0.717, 1.165) is 16.2 Å². The van der Waals surface area contributed by atoms with Crippen LogP contribution in [0.25, 0.3) is 0 Å². The van der Waals surface area contributed by atoms with E-state index in [4.69, 9.17) is 0 Å². The van der Waals surface area contributed by atoms with E-state index in [1.807, 2.05) is 30.5 Å². The lowest BCUT2D eigenvalue weighted by atomic mass is 10.0. The molecule has 1 aliphatic rings. The summed E-state index contributed by atoms with van der Waals surface area (Å²) in [5.74, 6) is 0.341. The molecule has 4 nitrogen and oxygen atoms in total. The maximum Gasteiger partial charge on any atom is 0.573 e. The van der Waals surface area contributed by atoms with Gasteiger partial charge in [-0.1, -0.05) is 6.07 Å². The van der Waals surface area contributed by atoms with E-state index in [1.165, 1.54) is 18.2 Å². The standard InChI is InChI=1S/C23H19F3N2O2S/c24-23(25,26)30-19-7-10-21-18(13-19)4-2-12-28(21)22(29)17-5-8-20(9-6-17)31-15-16-3-1-11-27-14-16/h1,3,5-11,13-14H,2,4,12,15H2. The first kappa shape index (κ1) is 21.2. The van der Waals surface area contributed by atoms with Crippen molar-refractivity contribution in [3.05, 3.63) is 83.7 Å².